The number of hydrogen-bond donors (Lipinski definition) is 1. The molecule has 0 aromatic heterocycles. The summed E-state index contributed by atoms with van der Waals surface area (Å²) < 4.78 is 1.09. The van der Waals surface area contributed by atoms with Crippen LogP contribution in [-0.2, 0) is 6.61 Å². The molecule has 1 nitrogen and oxygen atoms in total. The van der Waals surface area contributed by atoms with Crippen LogP contribution in [0.4, 0.5) is 0 Å². The van der Waals surface area contributed by atoms with Crippen molar-refractivity contribution in [3.05, 3.63) is 58.6 Å². The van der Waals surface area contributed by atoms with E-state index in [0.29, 0.717) is 0 Å². The van der Waals surface area contributed by atoms with Crippen LogP contribution in [0.25, 0.3) is 0 Å². The molecular formula is C13H11BrOS. The maximum absolute atomic E-state index is 8.94. The fourth-order valence-corrected chi connectivity index (χ4v) is 2.76. The molecule has 0 aliphatic heterocycles. The Kier molecular flexibility index (Phi) is 4.04. The lowest BCUT2D eigenvalue weighted by atomic mass is 10.2. The van der Waals surface area contributed by atoms with Gasteiger partial charge in [0, 0.05) is 14.3 Å². The molecule has 0 bridgehead atoms. The zero-order valence-electron chi connectivity index (χ0n) is 8.56. The van der Waals surface area contributed by atoms with Gasteiger partial charge in [-0.1, -0.05) is 45.9 Å². The molecule has 0 saturated heterocycles. The molecule has 16 heavy (non-hydrogen) atoms. The average Bonchev–Trinajstić information content (AvgIpc) is 2.30. The second-order valence-corrected chi connectivity index (χ2v) is 5.42. The molecule has 82 valence electrons. The maximum atomic E-state index is 8.94. The number of halogens is 1. The van der Waals surface area contributed by atoms with Gasteiger partial charge in [-0.05, 0) is 35.9 Å². The minimum atomic E-state index is 0.0990. The Morgan fingerprint density at radius 2 is 1.75 bits per heavy atom. The quantitative estimate of drug-likeness (QED) is 0.920. The normalized spacial score (nSPS) is 10.4. The summed E-state index contributed by atoms with van der Waals surface area (Å²) in [5.74, 6) is 0. The van der Waals surface area contributed by atoms with Gasteiger partial charge in [-0.2, -0.15) is 0 Å². The molecule has 2 aromatic carbocycles. The van der Waals surface area contributed by atoms with Crippen LogP contribution in [0.5, 0.6) is 0 Å². The largest absolute Gasteiger partial charge is 0.392 e. The van der Waals surface area contributed by atoms with Crippen LogP contribution in [-0.4, -0.2) is 5.11 Å². The van der Waals surface area contributed by atoms with Gasteiger partial charge >= 0.3 is 0 Å². The minimum absolute atomic E-state index is 0.0990. The van der Waals surface area contributed by atoms with Gasteiger partial charge in [0.15, 0.2) is 0 Å². The molecule has 0 aliphatic carbocycles. The van der Waals surface area contributed by atoms with Gasteiger partial charge < -0.3 is 5.11 Å². The molecular weight excluding hydrogens is 284 g/mol. The molecule has 0 unspecified atom stereocenters. The fourth-order valence-electron chi connectivity index (χ4n) is 1.33. The van der Waals surface area contributed by atoms with Crippen molar-refractivity contribution in [1.29, 1.82) is 0 Å². The van der Waals surface area contributed by atoms with E-state index in [-0.39, 0.29) is 6.61 Å². The van der Waals surface area contributed by atoms with Crippen molar-refractivity contribution in [1.82, 2.24) is 0 Å². The predicted octanol–water partition coefficient (Wildman–Crippen LogP) is 4.09. The lowest BCUT2D eigenvalue weighted by molar-refractivity contribution is 0.282. The Hall–Kier alpha value is -0.770. The summed E-state index contributed by atoms with van der Waals surface area (Å²) in [6, 6.07) is 16.1. The number of aliphatic hydroxyl groups is 1. The van der Waals surface area contributed by atoms with E-state index in [1.54, 1.807) is 11.8 Å². The maximum Gasteiger partial charge on any atom is 0.0681 e. The van der Waals surface area contributed by atoms with E-state index < -0.39 is 0 Å². The summed E-state index contributed by atoms with van der Waals surface area (Å²) >= 11 is 5.16. The fraction of sp³-hybridized carbons (Fsp3) is 0.0769. The summed E-state index contributed by atoms with van der Waals surface area (Å²) in [5, 5.41) is 8.94. The van der Waals surface area contributed by atoms with Crippen LogP contribution in [0.15, 0.2) is 62.8 Å². The van der Waals surface area contributed by atoms with Crippen molar-refractivity contribution < 1.29 is 5.11 Å². The minimum Gasteiger partial charge on any atom is -0.392 e. The molecule has 1 N–H and O–H groups in total. The zero-order chi connectivity index (χ0) is 11.4. The Morgan fingerprint density at radius 1 is 1.00 bits per heavy atom. The molecule has 0 spiro atoms. The monoisotopic (exact) mass is 294 g/mol. The SMILES string of the molecule is OCc1ccc(Sc2cccc(Br)c2)cc1. The summed E-state index contributed by atoms with van der Waals surface area (Å²) in [6.07, 6.45) is 0. The van der Waals surface area contributed by atoms with E-state index in [2.05, 4.69) is 28.1 Å². The molecule has 0 fully saturated rings. The number of hydrogen-bond acceptors (Lipinski definition) is 2. The molecule has 0 amide bonds. The average molecular weight is 295 g/mol. The molecule has 0 heterocycles. The lowest BCUT2D eigenvalue weighted by Gasteiger charge is -2.03. The van der Waals surface area contributed by atoms with Gasteiger partial charge in [-0.25, -0.2) is 0 Å². The molecule has 0 saturated carbocycles. The Morgan fingerprint density at radius 3 is 2.38 bits per heavy atom. The molecule has 2 rings (SSSR count). The number of aliphatic hydroxyl groups excluding tert-OH is 1. The van der Waals surface area contributed by atoms with E-state index in [4.69, 9.17) is 5.11 Å². The van der Waals surface area contributed by atoms with Crippen molar-refractivity contribution in [2.75, 3.05) is 0 Å². The number of rotatable bonds is 3. The first-order chi connectivity index (χ1) is 7.78. The standard InChI is InChI=1S/C13H11BrOS/c14-11-2-1-3-13(8-11)16-12-6-4-10(9-15)5-7-12/h1-8,15H,9H2. The van der Waals surface area contributed by atoms with Gasteiger partial charge in [-0.3, -0.25) is 0 Å². The first kappa shape index (κ1) is 11.7. The van der Waals surface area contributed by atoms with Crippen molar-refractivity contribution >= 4 is 27.7 Å². The molecule has 3 heteroatoms. The third-order valence-corrected chi connectivity index (χ3v) is 3.63. The van der Waals surface area contributed by atoms with Crippen LogP contribution < -0.4 is 0 Å². The van der Waals surface area contributed by atoms with Gasteiger partial charge in [0.2, 0.25) is 0 Å². The molecule has 2 aromatic rings. The number of benzene rings is 2. The van der Waals surface area contributed by atoms with Crippen LogP contribution in [0, 0.1) is 0 Å². The van der Waals surface area contributed by atoms with E-state index in [0.717, 1.165) is 10.0 Å². The first-order valence-electron chi connectivity index (χ1n) is 4.91. The highest BCUT2D eigenvalue weighted by Gasteiger charge is 1.98. The predicted molar refractivity (Wildman–Crippen MR) is 70.6 cm³/mol. The van der Waals surface area contributed by atoms with Crippen molar-refractivity contribution in [2.24, 2.45) is 0 Å². The Bertz CT molecular complexity index is 468. The van der Waals surface area contributed by atoms with E-state index in [1.807, 2.05) is 36.4 Å². The van der Waals surface area contributed by atoms with Crippen LogP contribution in [0.3, 0.4) is 0 Å². The Labute approximate surface area is 108 Å². The highest BCUT2D eigenvalue weighted by molar-refractivity contribution is 9.10. The van der Waals surface area contributed by atoms with Crippen LogP contribution >= 0.6 is 27.7 Å². The highest BCUT2D eigenvalue weighted by atomic mass is 79.9. The third-order valence-electron chi connectivity index (χ3n) is 2.14. The second kappa shape index (κ2) is 5.53. The zero-order valence-corrected chi connectivity index (χ0v) is 11.0. The molecule has 0 radical (unpaired) electrons. The van der Waals surface area contributed by atoms with E-state index in [9.17, 15) is 0 Å². The summed E-state index contributed by atoms with van der Waals surface area (Å²) in [4.78, 5) is 2.38. The second-order valence-electron chi connectivity index (χ2n) is 3.36. The highest BCUT2D eigenvalue weighted by Crippen LogP contribution is 2.29. The molecule has 0 aliphatic rings. The summed E-state index contributed by atoms with van der Waals surface area (Å²) in [5.41, 5.74) is 0.943. The van der Waals surface area contributed by atoms with Gasteiger partial charge in [-0.15, -0.1) is 0 Å². The van der Waals surface area contributed by atoms with Crippen LogP contribution in [0.1, 0.15) is 5.56 Å². The van der Waals surface area contributed by atoms with Crippen molar-refractivity contribution in [3.8, 4) is 0 Å². The molecule has 0 atom stereocenters. The third kappa shape index (κ3) is 3.11. The lowest BCUT2D eigenvalue weighted by Crippen LogP contribution is -1.81. The van der Waals surface area contributed by atoms with Gasteiger partial charge in [0.1, 0.15) is 0 Å². The van der Waals surface area contributed by atoms with Crippen molar-refractivity contribution in [2.45, 2.75) is 16.4 Å². The van der Waals surface area contributed by atoms with Gasteiger partial charge in [0.25, 0.3) is 0 Å². The smallest absolute Gasteiger partial charge is 0.0681 e. The first-order valence-corrected chi connectivity index (χ1v) is 6.52. The van der Waals surface area contributed by atoms with E-state index in [1.165, 1.54) is 9.79 Å². The summed E-state index contributed by atoms with van der Waals surface area (Å²) in [6.45, 7) is 0.0990. The van der Waals surface area contributed by atoms with Crippen LogP contribution in [0.2, 0.25) is 0 Å². The van der Waals surface area contributed by atoms with E-state index >= 15 is 0 Å². The van der Waals surface area contributed by atoms with Gasteiger partial charge in [0.05, 0.1) is 6.61 Å². The summed E-state index contributed by atoms with van der Waals surface area (Å²) in [7, 11) is 0. The topological polar surface area (TPSA) is 20.2 Å². The Balaban J connectivity index is 2.14. The van der Waals surface area contributed by atoms with Crippen molar-refractivity contribution in [3.63, 3.8) is 0 Å².